The van der Waals surface area contributed by atoms with Gasteiger partial charge >= 0.3 is 0 Å². The predicted octanol–water partition coefficient (Wildman–Crippen LogP) is 5.93. The molecule has 138 valence electrons. The molecule has 0 amide bonds. The SMILES string of the molecule is Fc1cccc(/C=N/N=c2/scc(-c3ccc(Cl)cc3)n2-c2ccccc2)c1. The summed E-state index contributed by atoms with van der Waals surface area (Å²) < 4.78 is 15.4. The van der Waals surface area contributed by atoms with E-state index in [-0.39, 0.29) is 5.82 Å². The van der Waals surface area contributed by atoms with E-state index in [4.69, 9.17) is 11.6 Å². The zero-order valence-corrected chi connectivity index (χ0v) is 16.2. The Bertz CT molecular complexity index is 1180. The molecule has 0 bridgehead atoms. The molecule has 0 fully saturated rings. The van der Waals surface area contributed by atoms with Crippen molar-refractivity contribution < 1.29 is 4.39 Å². The lowest BCUT2D eigenvalue weighted by molar-refractivity contribution is 0.627. The van der Waals surface area contributed by atoms with Crippen LogP contribution >= 0.6 is 22.9 Å². The van der Waals surface area contributed by atoms with Gasteiger partial charge in [-0.15, -0.1) is 16.4 Å². The largest absolute Gasteiger partial charge is 0.284 e. The maximum atomic E-state index is 13.3. The van der Waals surface area contributed by atoms with Gasteiger partial charge in [-0.2, -0.15) is 5.10 Å². The number of para-hydroxylation sites is 1. The third-order valence-electron chi connectivity index (χ3n) is 4.06. The first-order valence-corrected chi connectivity index (χ1v) is 9.81. The minimum atomic E-state index is -0.301. The molecular formula is C22H15ClFN3S. The van der Waals surface area contributed by atoms with Gasteiger partial charge in [-0.1, -0.05) is 54.1 Å². The van der Waals surface area contributed by atoms with Crippen molar-refractivity contribution in [2.24, 2.45) is 10.2 Å². The Morgan fingerprint density at radius 3 is 2.46 bits per heavy atom. The monoisotopic (exact) mass is 407 g/mol. The van der Waals surface area contributed by atoms with E-state index in [1.807, 2.05) is 64.5 Å². The molecule has 0 unspecified atom stereocenters. The molecule has 0 aliphatic rings. The van der Waals surface area contributed by atoms with E-state index in [1.165, 1.54) is 23.5 Å². The molecule has 0 saturated heterocycles. The first kappa shape index (κ1) is 18.3. The van der Waals surface area contributed by atoms with Gasteiger partial charge in [0.15, 0.2) is 0 Å². The number of halogens is 2. The quantitative estimate of drug-likeness (QED) is 0.296. The van der Waals surface area contributed by atoms with Crippen LogP contribution < -0.4 is 4.80 Å². The van der Waals surface area contributed by atoms with Crippen molar-refractivity contribution in [3.05, 3.63) is 105 Å². The fraction of sp³-hybridized carbons (Fsp3) is 0. The van der Waals surface area contributed by atoms with Crippen LogP contribution in [0.25, 0.3) is 16.9 Å². The molecule has 0 N–H and O–H groups in total. The van der Waals surface area contributed by atoms with Crippen LogP contribution in [0, 0.1) is 5.82 Å². The summed E-state index contributed by atoms with van der Waals surface area (Å²) in [7, 11) is 0. The molecule has 3 nitrogen and oxygen atoms in total. The number of hydrogen-bond donors (Lipinski definition) is 0. The highest BCUT2D eigenvalue weighted by Gasteiger charge is 2.10. The van der Waals surface area contributed by atoms with Crippen LogP contribution in [0.3, 0.4) is 0 Å². The zero-order valence-electron chi connectivity index (χ0n) is 14.7. The van der Waals surface area contributed by atoms with Gasteiger partial charge in [0, 0.05) is 16.1 Å². The minimum Gasteiger partial charge on any atom is -0.284 e. The van der Waals surface area contributed by atoms with Crippen LogP contribution in [0.2, 0.25) is 5.02 Å². The van der Waals surface area contributed by atoms with Crippen molar-refractivity contribution in [2.45, 2.75) is 0 Å². The summed E-state index contributed by atoms with van der Waals surface area (Å²) >= 11 is 7.51. The molecule has 0 aliphatic heterocycles. The van der Waals surface area contributed by atoms with Gasteiger partial charge in [0.1, 0.15) is 5.82 Å². The van der Waals surface area contributed by atoms with E-state index in [2.05, 4.69) is 10.2 Å². The molecule has 6 heteroatoms. The van der Waals surface area contributed by atoms with Crippen LogP contribution in [-0.2, 0) is 0 Å². The van der Waals surface area contributed by atoms with Gasteiger partial charge < -0.3 is 0 Å². The highest BCUT2D eigenvalue weighted by atomic mass is 35.5. The smallest absolute Gasteiger partial charge is 0.215 e. The summed E-state index contributed by atoms with van der Waals surface area (Å²) in [6, 6.07) is 23.9. The van der Waals surface area contributed by atoms with Gasteiger partial charge in [-0.25, -0.2) is 4.39 Å². The summed E-state index contributed by atoms with van der Waals surface area (Å²) in [5.41, 5.74) is 3.66. The Hall–Kier alpha value is -3.02. The highest BCUT2D eigenvalue weighted by Crippen LogP contribution is 2.24. The van der Waals surface area contributed by atoms with Crippen LogP contribution in [0.5, 0.6) is 0 Å². The molecule has 28 heavy (non-hydrogen) atoms. The Labute approximate surface area is 170 Å². The maximum absolute atomic E-state index is 13.3. The van der Waals surface area contributed by atoms with Crippen LogP contribution in [0.1, 0.15) is 5.56 Å². The molecule has 0 radical (unpaired) electrons. The topological polar surface area (TPSA) is 29.6 Å². The number of nitrogens with zero attached hydrogens (tertiary/aromatic N) is 3. The summed E-state index contributed by atoms with van der Waals surface area (Å²) in [6.45, 7) is 0. The summed E-state index contributed by atoms with van der Waals surface area (Å²) in [4.78, 5) is 0.712. The average molecular weight is 408 g/mol. The standard InChI is InChI=1S/C22H15ClFN3S/c23-18-11-9-17(10-12-18)21-15-28-22(27(21)20-7-2-1-3-8-20)26-25-14-16-5-4-6-19(24)13-16/h1-15H/b25-14+,26-22+. The second kappa shape index (κ2) is 8.33. The van der Waals surface area contributed by atoms with E-state index in [9.17, 15) is 4.39 Å². The van der Waals surface area contributed by atoms with Crippen molar-refractivity contribution in [1.29, 1.82) is 0 Å². The van der Waals surface area contributed by atoms with E-state index in [0.29, 0.717) is 15.4 Å². The van der Waals surface area contributed by atoms with E-state index < -0.39 is 0 Å². The molecule has 4 aromatic rings. The Morgan fingerprint density at radius 2 is 1.71 bits per heavy atom. The Morgan fingerprint density at radius 1 is 0.929 bits per heavy atom. The summed E-state index contributed by atoms with van der Waals surface area (Å²) in [6.07, 6.45) is 1.54. The number of hydrogen-bond acceptors (Lipinski definition) is 3. The molecule has 0 aliphatic carbocycles. The Kier molecular flexibility index (Phi) is 5.46. The number of benzene rings is 3. The van der Waals surface area contributed by atoms with Crippen molar-refractivity contribution in [1.82, 2.24) is 4.57 Å². The molecule has 0 saturated carbocycles. The van der Waals surface area contributed by atoms with Gasteiger partial charge in [0.05, 0.1) is 11.9 Å². The molecule has 1 heterocycles. The van der Waals surface area contributed by atoms with Crippen LogP contribution in [0.4, 0.5) is 4.39 Å². The average Bonchev–Trinajstić information content (AvgIpc) is 3.13. The second-order valence-corrected chi connectivity index (χ2v) is 7.25. The molecular weight excluding hydrogens is 393 g/mol. The van der Waals surface area contributed by atoms with E-state index in [0.717, 1.165) is 16.9 Å². The van der Waals surface area contributed by atoms with Gasteiger partial charge in [-0.3, -0.25) is 4.57 Å². The van der Waals surface area contributed by atoms with Gasteiger partial charge in [0.2, 0.25) is 4.80 Å². The third-order valence-corrected chi connectivity index (χ3v) is 5.13. The highest BCUT2D eigenvalue weighted by molar-refractivity contribution is 7.07. The second-order valence-electron chi connectivity index (χ2n) is 5.98. The molecule has 0 atom stereocenters. The zero-order chi connectivity index (χ0) is 19.3. The summed E-state index contributed by atoms with van der Waals surface area (Å²) in [5, 5.41) is 11.3. The van der Waals surface area contributed by atoms with E-state index >= 15 is 0 Å². The lowest BCUT2D eigenvalue weighted by Crippen LogP contribution is -2.13. The summed E-state index contributed by atoms with van der Waals surface area (Å²) in [5.74, 6) is -0.301. The van der Waals surface area contributed by atoms with Crippen molar-refractivity contribution in [3.63, 3.8) is 0 Å². The Balaban J connectivity index is 1.80. The molecule has 1 aromatic heterocycles. The molecule has 4 rings (SSSR count). The van der Waals surface area contributed by atoms with Crippen molar-refractivity contribution in [2.75, 3.05) is 0 Å². The number of rotatable bonds is 4. The first-order valence-electron chi connectivity index (χ1n) is 8.55. The lowest BCUT2D eigenvalue weighted by Gasteiger charge is -2.09. The first-order chi connectivity index (χ1) is 13.7. The fourth-order valence-electron chi connectivity index (χ4n) is 2.76. The number of thiazole rings is 1. The van der Waals surface area contributed by atoms with Crippen LogP contribution in [-0.4, -0.2) is 10.8 Å². The molecule has 3 aromatic carbocycles. The third kappa shape index (κ3) is 4.11. The number of aromatic nitrogens is 1. The normalized spacial score (nSPS) is 12.0. The molecule has 0 spiro atoms. The predicted molar refractivity (Wildman–Crippen MR) is 114 cm³/mol. The lowest BCUT2D eigenvalue weighted by atomic mass is 10.1. The van der Waals surface area contributed by atoms with Crippen molar-refractivity contribution in [3.8, 4) is 16.9 Å². The van der Waals surface area contributed by atoms with Gasteiger partial charge in [-0.05, 0) is 47.5 Å². The van der Waals surface area contributed by atoms with Crippen molar-refractivity contribution >= 4 is 29.2 Å². The maximum Gasteiger partial charge on any atom is 0.215 e. The minimum absolute atomic E-state index is 0.301. The fourth-order valence-corrected chi connectivity index (χ4v) is 3.75. The van der Waals surface area contributed by atoms with Crippen LogP contribution in [0.15, 0.2) is 94.4 Å². The van der Waals surface area contributed by atoms with Gasteiger partial charge in [0.25, 0.3) is 0 Å². The van der Waals surface area contributed by atoms with E-state index in [1.54, 1.807) is 18.3 Å².